The van der Waals surface area contributed by atoms with Crippen LogP contribution >= 0.6 is 0 Å². The fourth-order valence-corrected chi connectivity index (χ4v) is 7.83. The molecule has 42 heavy (non-hydrogen) atoms. The Labute approximate surface area is 247 Å². The quantitative estimate of drug-likeness (QED) is 0.338. The van der Waals surface area contributed by atoms with Gasteiger partial charge in [-0.15, -0.1) is 0 Å². The number of rotatable bonds is 9. The van der Waals surface area contributed by atoms with Crippen LogP contribution in [0.1, 0.15) is 73.1 Å². The second-order valence-electron chi connectivity index (χ2n) is 14.6. The van der Waals surface area contributed by atoms with Crippen LogP contribution < -0.4 is 16.4 Å². The summed E-state index contributed by atoms with van der Waals surface area (Å²) in [6.07, 6.45) is 3.12. The second kappa shape index (κ2) is 10.8. The highest BCUT2D eigenvalue weighted by Crippen LogP contribution is 2.84. The van der Waals surface area contributed by atoms with Gasteiger partial charge in [0.15, 0.2) is 0 Å². The monoisotopic (exact) mass is 590 g/mol. The van der Waals surface area contributed by atoms with E-state index in [0.717, 1.165) is 19.3 Å². The van der Waals surface area contributed by atoms with Crippen molar-refractivity contribution in [3.05, 3.63) is 0 Å². The molecule has 0 radical (unpaired) electrons. The Kier molecular flexibility index (Phi) is 7.87. The first-order chi connectivity index (χ1) is 19.6. The third-order valence-electron chi connectivity index (χ3n) is 11.1. The molecule has 0 aromatic rings. The van der Waals surface area contributed by atoms with E-state index in [0.29, 0.717) is 52.2 Å². The average Bonchev–Trinajstić information content (AvgIpc) is 3.30. The van der Waals surface area contributed by atoms with E-state index in [2.05, 4.69) is 24.5 Å². The van der Waals surface area contributed by atoms with Gasteiger partial charge in [0.25, 0.3) is 5.91 Å². The number of carbonyl (C=O) groups is 5. The molecule has 3 heterocycles. The van der Waals surface area contributed by atoms with Gasteiger partial charge >= 0.3 is 6.09 Å². The van der Waals surface area contributed by atoms with E-state index in [1.54, 1.807) is 4.90 Å². The largest absolute Gasteiger partial charge is 0.444 e. The maximum atomic E-state index is 14.4. The lowest BCUT2D eigenvalue weighted by molar-refractivity contribution is -0.143. The third kappa shape index (κ3) is 4.98. The summed E-state index contributed by atoms with van der Waals surface area (Å²) in [6.45, 7) is 12.1. The smallest absolute Gasteiger partial charge is 0.408 e. The van der Waals surface area contributed by atoms with Crippen molar-refractivity contribution in [2.24, 2.45) is 33.3 Å². The Balaban J connectivity index is 1.40. The molecule has 3 saturated heterocycles. The van der Waals surface area contributed by atoms with Gasteiger partial charge in [-0.25, -0.2) is 4.79 Å². The zero-order valence-electron chi connectivity index (χ0n) is 25.5. The molecule has 234 valence electrons. The van der Waals surface area contributed by atoms with Crippen LogP contribution in [0, 0.1) is 27.6 Å². The minimum Gasteiger partial charge on any atom is -0.444 e. The molecular weight excluding hydrogens is 544 g/mol. The first kappa shape index (κ1) is 30.7. The lowest BCUT2D eigenvalue weighted by Crippen LogP contribution is -2.59. The molecule has 0 aromatic heterocycles. The summed E-state index contributed by atoms with van der Waals surface area (Å²) in [5.74, 6) is -2.57. The molecule has 12 nitrogen and oxygen atoms in total. The highest BCUT2D eigenvalue weighted by molar-refractivity contribution is 6.37. The van der Waals surface area contributed by atoms with Crippen LogP contribution in [0.2, 0.25) is 0 Å². The molecule has 2 spiro atoms. The SMILES string of the molecule is CC(C)(C)[C@H](NC(=O)OC1CCOC1)C(=O)N1C[C@]2(C[C@H]1C(=O)NC(CC1CCC1)C(=O)C(N)=O)C(C)(C)C21COC1. The van der Waals surface area contributed by atoms with E-state index in [1.807, 2.05) is 20.8 Å². The summed E-state index contributed by atoms with van der Waals surface area (Å²) in [5.41, 5.74) is 3.93. The number of amides is 4. The maximum absolute atomic E-state index is 14.4. The zero-order chi connectivity index (χ0) is 30.7. The van der Waals surface area contributed by atoms with Crippen molar-refractivity contribution in [3.63, 3.8) is 0 Å². The molecule has 0 aromatic carbocycles. The Hall–Kier alpha value is -2.73. The molecule has 5 rings (SSSR count). The van der Waals surface area contributed by atoms with Crippen LogP contribution in [-0.4, -0.2) is 91.7 Å². The normalized spacial score (nSPS) is 30.6. The van der Waals surface area contributed by atoms with Gasteiger partial charge in [-0.2, -0.15) is 0 Å². The molecule has 4 amide bonds. The summed E-state index contributed by atoms with van der Waals surface area (Å²) >= 11 is 0. The number of nitrogens with two attached hydrogens (primary N) is 1. The highest BCUT2D eigenvalue weighted by Gasteiger charge is 2.86. The Morgan fingerprint density at radius 3 is 2.19 bits per heavy atom. The van der Waals surface area contributed by atoms with Crippen molar-refractivity contribution in [1.82, 2.24) is 15.5 Å². The molecule has 2 saturated carbocycles. The molecule has 4 N–H and O–H groups in total. The first-order valence-electron chi connectivity index (χ1n) is 15.2. The number of primary amides is 1. The van der Waals surface area contributed by atoms with Crippen molar-refractivity contribution in [1.29, 1.82) is 0 Å². The fourth-order valence-electron chi connectivity index (χ4n) is 7.83. The lowest BCUT2D eigenvalue weighted by Gasteiger charge is -2.36. The van der Waals surface area contributed by atoms with E-state index >= 15 is 0 Å². The predicted octanol–water partition coefficient (Wildman–Crippen LogP) is 1.29. The molecule has 12 heteroatoms. The minimum absolute atomic E-state index is 0.159. The summed E-state index contributed by atoms with van der Waals surface area (Å²) in [4.78, 5) is 67.4. The van der Waals surface area contributed by atoms with Crippen molar-refractivity contribution in [2.75, 3.05) is 33.0 Å². The minimum atomic E-state index is -1.09. The van der Waals surface area contributed by atoms with E-state index in [1.165, 1.54) is 0 Å². The Morgan fingerprint density at radius 2 is 1.71 bits per heavy atom. The molecule has 2 aliphatic carbocycles. The van der Waals surface area contributed by atoms with Gasteiger partial charge in [0.2, 0.25) is 17.6 Å². The zero-order valence-corrected chi connectivity index (χ0v) is 25.5. The van der Waals surface area contributed by atoms with Gasteiger partial charge in [-0.1, -0.05) is 53.9 Å². The number of likely N-dealkylation sites (tertiary alicyclic amines) is 1. The fraction of sp³-hybridized carbons (Fsp3) is 0.833. The van der Waals surface area contributed by atoms with E-state index in [4.69, 9.17) is 19.9 Å². The number of hydrogen-bond acceptors (Lipinski definition) is 8. The number of nitrogens with one attached hydrogen (secondary N) is 2. The standard InChI is InChI=1S/C30H46N4O8/c1-27(2,3)22(33-26(39)42-18-9-10-40-13-18)25(38)34-14-29(28(4,5)30(29)15-41-16-30)12-20(34)24(37)32-19(21(35)23(31)36)11-17-7-6-8-17/h17-20,22H,6-16H2,1-5H3,(H2,31,36)(H,32,37)(H,33,39)/t18?,19?,20-,22+,29+/m0/s1. The predicted molar refractivity (Wildman–Crippen MR) is 150 cm³/mol. The number of hydrogen-bond donors (Lipinski definition) is 3. The van der Waals surface area contributed by atoms with Crippen molar-refractivity contribution >= 4 is 29.6 Å². The summed E-state index contributed by atoms with van der Waals surface area (Å²) in [7, 11) is 0. The Morgan fingerprint density at radius 1 is 1.02 bits per heavy atom. The lowest BCUT2D eigenvalue weighted by atomic mass is 9.80. The van der Waals surface area contributed by atoms with Gasteiger partial charge in [0.05, 0.1) is 32.5 Å². The van der Waals surface area contributed by atoms with Gasteiger partial charge in [-0.3, -0.25) is 19.2 Å². The van der Waals surface area contributed by atoms with Crippen LogP contribution in [-0.2, 0) is 33.4 Å². The molecule has 5 fully saturated rings. The van der Waals surface area contributed by atoms with Crippen LogP contribution in [0.5, 0.6) is 0 Å². The number of ether oxygens (including phenoxy) is 3. The summed E-state index contributed by atoms with van der Waals surface area (Å²) in [5, 5.41) is 5.58. The van der Waals surface area contributed by atoms with Crippen LogP contribution in [0.25, 0.3) is 0 Å². The molecule has 2 unspecified atom stereocenters. The summed E-state index contributed by atoms with van der Waals surface area (Å²) < 4.78 is 16.4. The third-order valence-corrected chi connectivity index (χ3v) is 11.1. The van der Waals surface area contributed by atoms with Crippen molar-refractivity contribution < 1.29 is 38.2 Å². The van der Waals surface area contributed by atoms with Crippen LogP contribution in [0.4, 0.5) is 4.79 Å². The van der Waals surface area contributed by atoms with Crippen LogP contribution in [0.15, 0.2) is 0 Å². The molecule has 5 aliphatic rings. The van der Waals surface area contributed by atoms with Gasteiger partial charge < -0.3 is 35.5 Å². The number of fused-ring (bicyclic) bond motifs is 1. The Bertz CT molecular complexity index is 1130. The second-order valence-corrected chi connectivity index (χ2v) is 14.6. The molecular formula is C30H46N4O8. The first-order valence-corrected chi connectivity index (χ1v) is 15.2. The molecule has 5 atom stereocenters. The number of Topliss-reactive ketones (excluding diaryl/α,β-unsaturated/α-hetero) is 1. The van der Waals surface area contributed by atoms with Gasteiger partial charge in [0.1, 0.15) is 18.2 Å². The highest BCUT2D eigenvalue weighted by atomic mass is 16.6. The maximum Gasteiger partial charge on any atom is 0.408 e. The average molecular weight is 591 g/mol. The molecule has 3 aliphatic heterocycles. The van der Waals surface area contributed by atoms with E-state index in [9.17, 15) is 24.0 Å². The van der Waals surface area contributed by atoms with Crippen molar-refractivity contribution in [3.8, 4) is 0 Å². The van der Waals surface area contributed by atoms with Gasteiger partial charge in [0, 0.05) is 23.8 Å². The topological polar surface area (TPSA) is 166 Å². The summed E-state index contributed by atoms with van der Waals surface area (Å²) in [6, 6.07) is -2.92. The van der Waals surface area contributed by atoms with E-state index < -0.39 is 53.1 Å². The number of ketones is 1. The number of alkyl carbamates (subject to hydrolysis) is 1. The van der Waals surface area contributed by atoms with Gasteiger partial charge in [-0.05, 0) is 29.6 Å². The number of nitrogens with zero attached hydrogens (tertiary/aromatic N) is 1. The molecule has 0 bridgehead atoms. The van der Waals surface area contributed by atoms with Crippen LogP contribution in [0.3, 0.4) is 0 Å². The van der Waals surface area contributed by atoms with E-state index in [-0.39, 0.29) is 28.3 Å². The number of carbonyl (C=O) groups excluding carboxylic acids is 5. The van der Waals surface area contributed by atoms with Crippen molar-refractivity contribution in [2.45, 2.75) is 97.4 Å².